The maximum absolute atomic E-state index is 6.91. The molecule has 0 spiro atoms. The van der Waals surface area contributed by atoms with Crippen LogP contribution in [0.5, 0.6) is 23.0 Å². The molecule has 53 heavy (non-hydrogen) atoms. The van der Waals surface area contributed by atoms with Gasteiger partial charge in [0.1, 0.15) is 11.5 Å². The summed E-state index contributed by atoms with van der Waals surface area (Å²) < 4.78 is 13.6. The zero-order valence-electron chi connectivity index (χ0n) is 28.8. The molecule has 0 unspecified atom stereocenters. The molecule has 1 aliphatic heterocycles. The first-order valence-electron chi connectivity index (χ1n) is 17.9. The Hall–Kier alpha value is -7.10. The zero-order valence-corrected chi connectivity index (χ0v) is 28.8. The van der Waals surface area contributed by atoms with Crippen LogP contribution in [0.25, 0.3) is 54.9 Å². The Bertz CT molecular complexity index is 2750. The second-order valence-electron chi connectivity index (χ2n) is 13.3. The molecule has 0 atom stereocenters. The van der Waals surface area contributed by atoms with Gasteiger partial charge < -0.3 is 14.4 Å². The molecule has 0 aliphatic carbocycles. The summed E-state index contributed by atoms with van der Waals surface area (Å²) in [6, 6.07) is 70.3. The molecule has 0 saturated carbocycles. The summed E-state index contributed by atoms with van der Waals surface area (Å²) in [6.45, 7) is 0. The van der Waals surface area contributed by atoms with Gasteiger partial charge >= 0.3 is 0 Å². The van der Waals surface area contributed by atoms with Gasteiger partial charge in [-0.1, -0.05) is 158 Å². The van der Waals surface area contributed by atoms with Crippen molar-refractivity contribution in [3.05, 3.63) is 200 Å². The van der Waals surface area contributed by atoms with E-state index in [1.807, 2.05) is 42.5 Å². The van der Waals surface area contributed by atoms with Crippen LogP contribution in [0.15, 0.2) is 200 Å². The van der Waals surface area contributed by atoms with Gasteiger partial charge in [0.05, 0.1) is 16.8 Å². The van der Waals surface area contributed by atoms with E-state index in [-0.39, 0.29) is 0 Å². The number of anilines is 3. The number of para-hydroxylation sites is 1. The number of hydrogen-bond acceptors (Lipinski definition) is 3. The predicted molar refractivity (Wildman–Crippen MR) is 219 cm³/mol. The molecule has 0 radical (unpaired) electrons. The van der Waals surface area contributed by atoms with Crippen LogP contribution < -0.4 is 14.4 Å². The Balaban J connectivity index is 1.15. The first kappa shape index (κ1) is 30.7. The van der Waals surface area contributed by atoms with Crippen LogP contribution in [0.1, 0.15) is 0 Å². The van der Waals surface area contributed by atoms with Gasteiger partial charge in [0.25, 0.3) is 0 Å². The van der Waals surface area contributed by atoms with Gasteiger partial charge in [0.2, 0.25) is 0 Å². The summed E-state index contributed by atoms with van der Waals surface area (Å²) in [4.78, 5) is 2.30. The van der Waals surface area contributed by atoms with Crippen molar-refractivity contribution in [1.82, 2.24) is 0 Å². The van der Waals surface area contributed by atoms with E-state index in [1.165, 1.54) is 33.2 Å². The fourth-order valence-corrected chi connectivity index (χ4v) is 7.58. The normalized spacial score (nSPS) is 11.7. The molecular formula is C50H33NO2. The van der Waals surface area contributed by atoms with Crippen molar-refractivity contribution in [2.75, 3.05) is 4.90 Å². The second-order valence-corrected chi connectivity index (χ2v) is 13.3. The van der Waals surface area contributed by atoms with E-state index in [1.54, 1.807) is 0 Å². The third kappa shape index (κ3) is 5.47. The van der Waals surface area contributed by atoms with E-state index >= 15 is 0 Å². The maximum atomic E-state index is 6.91. The molecule has 0 N–H and O–H groups in total. The van der Waals surface area contributed by atoms with Crippen molar-refractivity contribution in [2.45, 2.75) is 0 Å². The quantitative estimate of drug-likeness (QED) is 0.175. The van der Waals surface area contributed by atoms with Crippen LogP contribution in [0.2, 0.25) is 0 Å². The smallest absolute Gasteiger partial charge is 0.193 e. The van der Waals surface area contributed by atoms with Gasteiger partial charge in [0.15, 0.2) is 11.5 Å². The highest BCUT2D eigenvalue weighted by Crippen LogP contribution is 2.53. The van der Waals surface area contributed by atoms with Crippen molar-refractivity contribution < 1.29 is 9.47 Å². The van der Waals surface area contributed by atoms with Gasteiger partial charge in [-0.05, 0) is 86.6 Å². The largest absolute Gasteiger partial charge is 0.453 e. The van der Waals surface area contributed by atoms with Crippen LogP contribution in [-0.4, -0.2) is 0 Å². The number of benzene rings is 9. The third-order valence-corrected chi connectivity index (χ3v) is 10.1. The Labute approximate surface area is 308 Å². The summed E-state index contributed by atoms with van der Waals surface area (Å²) in [6.07, 6.45) is 0. The average Bonchev–Trinajstić information content (AvgIpc) is 3.40. The van der Waals surface area contributed by atoms with Gasteiger partial charge in [-0.2, -0.15) is 0 Å². The molecule has 9 aromatic carbocycles. The van der Waals surface area contributed by atoms with Crippen LogP contribution in [-0.2, 0) is 0 Å². The molecule has 0 fully saturated rings. The summed E-state index contributed by atoms with van der Waals surface area (Å²) in [7, 11) is 0. The first-order chi connectivity index (χ1) is 26.3. The molecule has 10 rings (SSSR count). The highest BCUT2D eigenvalue weighted by Gasteiger charge is 2.26. The Morgan fingerprint density at radius 3 is 1.53 bits per heavy atom. The fraction of sp³-hybridized carbons (Fsp3) is 0. The van der Waals surface area contributed by atoms with Crippen LogP contribution in [0, 0.1) is 0 Å². The molecule has 0 amide bonds. The van der Waals surface area contributed by atoms with Crippen molar-refractivity contribution >= 4 is 38.6 Å². The Morgan fingerprint density at radius 1 is 0.321 bits per heavy atom. The van der Waals surface area contributed by atoms with Crippen LogP contribution in [0.4, 0.5) is 17.1 Å². The van der Waals surface area contributed by atoms with E-state index in [2.05, 4.69) is 163 Å². The van der Waals surface area contributed by atoms with Crippen molar-refractivity contribution in [1.29, 1.82) is 0 Å². The molecule has 250 valence electrons. The minimum Gasteiger partial charge on any atom is -0.453 e. The third-order valence-electron chi connectivity index (χ3n) is 10.1. The number of ether oxygens (including phenoxy) is 2. The molecule has 9 aromatic rings. The maximum Gasteiger partial charge on any atom is 0.193 e. The van der Waals surface area contributed by atoms with Crippen LogP contribution in [0.3, 0.4) is 0 Å². The summed E-state index contributed by atoms with van der Waals surface area (Å²) in [5.74, 6) is 2.87. The lowest BCUT2D eigenvalue weighted by Gasteiger charge is -2.29. The average molecular weight is 680 g/mol. The Morgan fingerprint density at radius 2 is 0.849 bits per heavy atom. The molecule has 3 nitrogen and oxygen atoms in total. The summed E-state index contributed by atoms with van der Waals surface area (Å²) in [5, 5.41) is 4.33. The fourth-order valence-electron chi connectivity index (χ4n) is 7.58. The van der Waals surface area contributed by atoms with Gasteiger partial charge in [-0.25, -0.2) is 0 Å². The highest BCUT2D eigenvalue weighted by molar-refractivity contribution is 6.07. The van der Waals surface area contributed by atoms with E-state index < -0.39 is 0 Å². The minimum atomic E-state index is 0.660. The lowest BCUT2D eigenvalue weighted by molar-refractivity contribution is 0.440. The number of nitrogens with zero attached hydrogens (tertiary/aromatic N) is 1. The Kier molecular flexibility index (Phi) is 7.47. The zero-order chi connectivity index (χ0) is 35.1. The van der Waals surface area contributed by atoms with E-state index in [0.29, 0.717) is 11.5 Å². The SMILES string of the molecule is c1ccc(-c2ccc(-c3ccc(N(c4ccc(-c5ccccc5)cc4)c4cccc5c4Oc4cccc6cccc(c46)O5)c4ccccc34)cc2)cc1. The monoisotopic (exact) mass is 679 g/mol. The molecule has 1 heterocycles. The molecule has 0 saturated heterocycles. The molecule has 0 aromatic heterocycles. The van der Waals surface area contributed by atoms with Gasteiger partial charge in [-0.3, -0.25) is 0 Å². The lowest BCUT2D eigenvalue weighted by atomic mass is 9.94. The van der Waals surface area contributed by atoms with E-state index in [4.69, 9.17) is 9.47 Å². The summed E-state index contributed by atoms with van der Waals surface area (Å²) in [5.41, 5.74) is 10.0. The van der Waals surface area contributed by atoms with Gasteiger partial charge in [0, 0.05) is 11.1 Å². The topological polar surface area (TPSA) is 21.7 Å². The number of rotatable bonds is 6. The number of fused-ring (bicyclic) bond motifs is 2. The molecular weight excluding hydrogens is 647 g/mol. The predicted octanol–water partition coefficient (Wildman–Crippen LogP) is 14.4. The highest BCUT2D eigenvalue weighted by atomic mass is 16.5. The van der Waals surface area contributed by atoms with Crippen molar-refractivity contribution in [3.8, 4) is 56.4 Å². The summed E-state index contributed by atoms with van der Waals surface area (Å²) >= 11 is 0. The van der Waals surface area contributed by atoms with E-state index in [0.717, 1.165) is 50.3 Å². The molecule has 3 heteroatoms. The molecule has 0 bridgehead atoms. The first-order valence-corrected chi connectivity index (χ1v) is 17.9. The second kappa shape index (κ2) is 12.9. The van der Waals surface area contributed by atoms with Crippen molar-refractivity contribution in [3.63, 3.8) is 0 Å². The lowest BCUT2D eigenvalue weighted by Crippen LogP contribution is -2.12. The molecule has 1 aliphatic rings. The standard InChI is InChI=1S/C50H33NO2/c1-3-12-34(13-4-1)36-24-26-38(27-25-36)41-32-33-44(43-19-8-7-18-42(41)43)51(40-30-28-37(29-31-40)35-14-5-2-6-15-35)45-20-11-23-48-50(45)53-47-22-10-17-39-16-9-21-46(52-48)49(39)47/h1-33H. The van der Waals surface area contributed by atoms with E-state index in [9.17, 15) is 0 Å². The van der Waals surface area contributed by atoms with Crippen molar-refractivity contribution in [2.24, 2.45) is 0 Å². The minimum absolute atomic E-state index is 0.660. The number of hydrogen-bond donors (Lipinski definition) is 0. The van der Waals surface area contributed by atoms with Gasteiger partial charge in [-0.15, -0.1) is 0 Å². The van der Waals surface area contributed by atoms with Crippen LogP contribution >= 0.6 is 0 Å².